The lowest BCUT2D eigenvalue weighted by Gasteiger charge is -2.32. The summed E-state index contributed by atoms with van der Waals surface area (Å²) in [5.74, 6) is 0.211. The number of hydrogen-bond donors (Lipinski definition) is 1. The average Bonchev–Trinajstić information content (AvgIpc) is 2.88. The van der Waals surface area contributed by atoms with Crippen LogP contribution in [0.4, 0.5) is 0 Å². The zero-order valence-corrected chi connectivity index (χ0v) is 13.1. The molecule has 2 unspecified atom stereocenters. The minimum atomic E-state index is -0.0718. The van der Waals surface area contributed by atoms with E-state index in [9.17, 15) is 4.79 Å². The van der Waals surface area contributed by atoms with Crippen LogP contribution in [0.2, 0.25) is 0 Å². The minimum Gasteiger partial charge on any atom is -0.379 e. The standard InChI is InChI=1S/C15H29N3O2/c1-15(2,3)13(16)10-14(19)18-5-4-12(11-18)17-6-8-20-9-7-17/h12-13H,4-11,16H2,1-3H3. The van der Waals surface area contributed by atoms with E-state index in [-0.39, 0.29) is 17.4 Å². The maximum absolute atomic E-state index is 12.3. The lowest BCUT2D eigenvalue weighted by atomic mass is 9.85. The van der Waals surface area contributed by atoms with Crippen LogP contribution < -0.4 is 5.73 Å². The number of nitrogens with two attached hydrogens (primary N) is 1. The summed E-state index contributed by atoms with van der Waals surface area (Å²) in [5, 5.41) is 0. The molecule has 0 aromatic heterocycles. The van der Waals surface area contributed by atoms with Gasteiger partial charge in [-0.2, -0.15) is 0 Å². The topological polar surface area (TPSA) is 58.8 Å². The molecular weight excluding hydrogens is 254 g/mol. The third kappa shape index (κ3) is 3.93. The van der Waals surface area contributed by atoms with E-state index < -0.39 is 0 Å². The van der Waals surface area contributed by atoms with E-state index in [1.54, 1.807) is 0 Å². The molecule has 1 amide bonds. The van der Waals surface area contributed by atoms with Gasteiger partial charge in [-0.05, 0) is 11.8 Å². The highest BCUT2D eigenvalue weighted by Gasteiger charge is 2.32. The molecule has 2 fully saturated rings. The van der Waals surface area contributed by atoms with Crippen molar-refractivity contribution in [3.63, 3.8) is 0 Å². The molecule has 0 spiro atoms. The number of morpholine rings is 1. The van der Waals surface area contributed by atoms with Gasteiger partial charge in [0.05, 0.1) is 13.2 Å². The summed E-state index contributed by atoms with van der Waals surface area (Å²) in [6.45, 7) is 11.6. The van der Waals surface area contributed by atoms with Gasteiger partial charge in [0.25, 0.3) is 0 Å². The fourth-order valence-corrected chi connectivity index (χ4v) is 2.83. The van der Waals surface area contributed by atoms with E-state index in [2.05, 4.69) is 25.7 Å². The van der Waals surface area contributed by atoms with E-state index in [0.29, 0.717) is 12.5 Å². The first kappa shape index (κ1) is 15.7. The second-order valence-electron chi connectivity index (χ2n) is 7.11. The molecule has 0 aliphatic carbocycles. The molecule has 20 heavy (non-hydrogen) atoms. The summed E-state index contributed by atoms with van der Waals surface area (Å²) in [6.07, 6.45) is 1.54. The van der Waals surface area contributed by atoms with Crippen LogP contribution in [-0.2, 0) is 9.53 Å². The van der Waals surface area contributed by atoms with Gasteiger partial charge in [0.15, 0.2) is 0 Å². The van der Waals surface area contributed by atoms with Gasteiger partial charge in [-0.1, -0.05) is 20.8 Å². The molecule has 2 N–H and O–H groups in total. The predicted octanol–water partition coefficient (Wildman–Crippen LogP) is 0.683. The maximum atomic E-state index is 12.3. The minimum absolute atomic E-state index is 0.0149. The molecule has 0 aromatic carbocycles. The number of carbonyl (C=O) groups excluding carboxylic acids is 1. The van der Waals surface area contributed by atoms with Gasteiger partial charge >= 0.3 is 0 Å². The SMILES string of the molecule is CC(C)(C)C(N)CC(=O)N1CCC(N2CCOCC2)C1. The zero-order chi connectivity index (χ0) is 14.8. The summed E-state index contributed by atoms with van der Waals surface area (Å²) in [4.78, 5) is 16.8. The average molecular weight is 283 g/mol. The Balaban J connectivity index is 1.81. The van der Waals surface area contributed by atoms with E-state index in [4.69, 9.17) is 10.5 Å². The van der Waals surface area contributed by atoms with Gasteiger partial charge in [0.1, 0.15) is 0 Å². The molecule has 2 aliphatic rings. The van der Waals surface area contributed by atoms with E-state index in [1.807, 2.05) is 4.90 Å². The zero-order valence-electron chi connectivity index (χ0n) is 13.1. The molecule has 0 radical (unpaired) electrons. The largest absolute Gasteiger partial charge is 0.379 e. The number of likely N-dealkylation sites (tertiary alicyclic amines) is 1. The molecule has 2 aliphatic heterocycles. The third-order valence-electron chi connectivity index (χ3n) is 4.59. The van der Waals surface area contributed by atoms with Crippen molar-refractivity contribution in [3.8, 4) is 0 Å². The van der Waals surface area contributed by atoms with Crippen molar-refractivity contribution >= 4 is 5.91 Å². The first-order valence-electron chi connectivity index (χ1n) is 7.73. The van der Waals surface area contributed by atoms with Crippen LogP contribution in [0.3, 0.4) is 0 Å². The second kappa shape index (κ2) is 6.41. The number of ether oxygens (including phenoxy) is 1. The molecule has 5 heteroatoms. The quantitative estimate of drug-likeness (QED) is 0.827. The number of rotatable bonds is 3. The van der Waals surface area contributed by atoms with Crippen molar-refractivity contribution in [3.05, 3.63) is 0 Å². The van der Waals surface area contributed by atoms with Crippen LogP contribution in [0.15, 0.2) is 0 Å². The lowest BCUT2D eigenvalue weighted by Crippen LogP contribution is -2.46. The number of carbonyl (C=O) groups is 1. The summed E-state index contributed by atoms with van der Waals surface area (Å²) in [7, 11) is 0. The highest BCUT2D eigenvalue weighted by atomic mass is 16.5. The number of amides is 1. The van der Waals surface area contributed by atoms with Crippen LogP contribution in [0.5, 0.6) is 0 Å². The Morgan fingerprint density at radius 3 is 2.55 bits per heavy atom. The van der Waals surface area contributed by atoms with E-state index in [1.165, 1.54) is 0 Å². The van der Waals surface area contributed by atoms with Crippen LogP contribution >= 0.6 is 0 Å². The third-order valence-corrected chi connectivity index (χ3v) is 4.59. The highest BCUT2D eigenvalue weighted by Crippen LogP contribution is 2.22. The van der Waals surface area contributed by atoms with E-state index >= 15 is 0 Å². The normalized spacial score (nSPS) is 26.8. The second-order valence-corrected chi connectivity index (χ2v) is 7.11. The number of nitrogens with zero attached hydrogens (tertiary/aromatic N) is 2. The Hall–Kier alpha value is -0.650. The summed E-state index contributed by atoms with van der Waals surface area (Å²) < 4.78 is 5.38. The molecule has 0 bridgehead atoms. The van der Waals surface area contributed by atoms with E-state index in [0.717, 1.165) is 45.8 Å². The summed E-state index contributed by atoms with van der Waals surface area (Å²) in [6, 6.07) is 0.436. The molecule has 2 atom stereocenters. The molecule has 0 aromatic rings. The van der Waals surface area contributed by atoms with Crippen molar-refractivity contribution in [2.24, 2.45) is 11.1 Å². The Bertz CT molecular complexity index is 335. The van der Waals surface area contributed by atoms with Gasteiger partial charge in [0, 0.05) is 44.7 Å². The Kier molecular flexibility index (Phi) is 5.04. The van der Waals surface area contributed by atoms with Gasteiger partial charge < -0.3 is 15.4 Å². The highest BCUT2D eigenvalue weighted by molar-refractivity contribution is 5.77. The first-order valence-corrected chi connectivity index (χ1v) is 7.73. The Morgan fingerprint density at radius 2 is 1.95 bits per heavy atom. The summed E-state index contributed by atoms with van der Waals surface area (Å²) in [5.41, 5.74) is 6.11. The van der Waals surface area contributed by atoms with Crippen LogP contribution in [-0.4, -0.2) is 67.2 Å². The Labute approximate surface area is 122 Å². The van der Waals surface area contributed by atoms with Crippen molar-refractivity contribution in [2.45, 2.75) is 45.7 Å². The molecular formula is C15H29N3O2. The monoisotopic (exact) mass is 283 g/mol. The molecule has 2 saturated heterocycles. The molecule has 5 nitrogen and oxygen atoms in total. The van der Waals surface area contributed by atoms with Gasteiger partial charge in [-0.15, -0.1) is 0 Å². The molecule has 2 heterocycles. The van der Waals surface area contributed by atoms with Crippen LogP contribution in [0.1, 0.15) is 33.6 Å². The maximum Gasteiger partial charge on any atom is 0.224 e. The fourth-order valence-electron chi connectivity index (χ4n) is 2.83. The van der Waals surface area contributed by atoms with Crippen molar-refractivity contribution < 1.29 is 9.53 Å². The fraction of sp³-hybridized carbons (Fsp3) is 0.933. The van der Waals surface area contributed by atoms with Crippen molar-refractivity contribution in [1.82, 2.24) is 9.80 Å². The number of hydrogen-bond acceptors (Lipinski definition) is 4. The lowest BCUT2D eigenvalue weighted by molar-refractivity contribution is -0.131. The summed E-state index contributed by atoms with van der Waals surface area (Å²) >= 11 is 0. The smallest absolute Gasteiger partial charge is 0.224 e. The first-order chi connectivity index (χ1) is 9.38. The molecule has 0 saturated carbocycles. The predicted molar refractivity (Wildman–Crippen MR) is 79.4 cm³/mol. The van der Waals surface area contributed by atoms with Crippen molar-refractivity contribution in [2.75, 3.05) is 39.4 Å². The van der Waals surface area contributed by atoms with Crippen molar-refractivity contribution in [1.29, 1.82) is 0 Å². The molecule has 2 rings (SSSR count). The van der Waals surface area contributed by atoms with Gasteiger partial charge in [0.2, 0.25) is 5.91 Å². The van der Waals surface area contributed by atoms with Crippen LogP contribution in [0, 0.1) is 5.41 Å². The van der Waals surface area contributed by atoms with Gasteiger partial charge in [-0.3, -0.25) is 9.69 Å². The Morgan fingerprint density at radius 1 is 1.30 bits per heavy atom. The van der Waals surface area contributed by atoms with Crippen LogP contribution in [0.25, 0.3) is 0 Å². The molecule has 116 valence electrons. The van der Waals surface area contributed by atoms with Gasteiger partial charge in [-0.25, -0.2) is 0 Å².